The van der Waals surface area contributed by atoms with Crippen LogP contribution in [0.1, 0.15) is 16.7 Å². The van der Waals surface area contributed by atoms with Gasteiger partial charge >= 0.3 is 5.97 Å². The van der Waals surface area contributed by atoms with Gasteiger partial charge in [-0.15, -0.1) is 0 Å². The lowest BCUT2D eigenvalue weighted by atomic mass is 10.1. The van der Waals surface area contributed by atoms with Crippen molar-refractivity contribution in [1.29, 1.82) is 0 Å². The Hall–Kier alpha value is -3.08. The molecule has 0 aromatic heterocycles. The van der Waals surface area contributed by atoms with Crippen LogP contribution in [-0.4, -0.2) is 25.6 Å². The van der Waals surface area contributed by atoms with Crippen LogP contribution in [0.15, 0.2) is 48.5 Å². The first-order chi connectivity index (χ1) is 12.0. The molecular weight excluding hydrogens is 318 g/mol. The summed E-state index contributed by atoms with van der Waals surface area (Å²) in [6, 6.07) is 12.9. The fourth-order valence-electron chi connectivity index (χ4n) is 2.16. The molecule has 2 rings (SSSR count). The molecule has 0 bridgehead atoms. The van der Waals surface area contributed by atoms with Gasteiger partial charge in [-0.2, -0.15) is 0 Å². The number of hydrogen-bond donors (Lipinski definition) is 1. The number of amides is 1. The molecule has 0 aliphatic carbocycles. The van der Waals surface area contributed by atoms with Gasteiger partial charge in [0.2, 0.25) is 0 Å². The van der Waals surface area contributed by atoms with Crippen molar-refractivity contribution in [3.63, 3.8) is 0 Å². The summed E-state index contributed by atoms with van der Waals surface area (Å²) in [5, 5.41) is 2.70. The molecule has 25 heavy (non-hydrogen) atoms. The molecule has 2 aromatic carbocycles. The summed E-state index contributed by atoms with van der Waals surface area (Å²) in [4.78, 5) is 23.6. The third kappa shape index (κ3) is 5.49. The van der Waals surface area contributed by atoms with E-state index in [2.05, 4.69) is 5.32 Å². The molecule has 2 aromatic rings. The molecule has 5 heteroatoms. The highest BCUT2D eigenvalue weighted by molar-refractivity contribution is 5.94. The largest absolute Gasteiger partial charge is 0.496 e. The van der Waals surface area contributed by atoms with Crippen LogP contribution in [0.3, 0.4) is 0 Å². The van der Waals surface area contributed by atoms with Crippen molar-refractivity contribution in [3.8, 4) is 5.75 Å². The van der Waals surface area contributed by atoms with Crippen LogP contribution in [0.4, 0.5) is 5.69 Å². The SMILES string of the molecule is COc1ccccc1/C=C/C(=O)OCC(=O)Nc1ccc(C)c(C)c1. The molecule has 0 fully saturated rings. The molecule has 0 saturated carbocycles. The molecule has 0 spiro atoms. The monoisotopic (exact) mass is 339 g/mol. The van der Waals surface area contributed by atoms with Crippen molar-refractivity contribution < 1.29 is 19.1 Å². The molecule has 1 N–H and O–H groups in total. The highest BCUT2D eigenvalue weighted by Gasteiger charge is 2.07. The molecule has 0 aliphatic rings. The Kier molecular flexibility index (Phi) is 6.34. The topological polar surface area (TPSA) is 64.6 Å². The summed E-state index contributed by atoms with van der Waals surface area (Å²) in [5.41, 5.74) is 3.65. The second-order valence-corrected chi connectivity index (χ2v) is 5.53. The van der Waals surface area contributed by atoms with Gasteiger partial charge in [-0.1, -0.05) is 24.3 Å². The number of rotatable bonds is 6. The number of aryl methyl sites for hydroxylation is 2. The van der Waals surface area contributed by atoms with Crippen LogP contribution >= 0.6 is 0 Å². The quantitative estimate of drug-likeness (QED) is 0.646. The number of anilines is 1. The maximum absolute atomic E-state index is 11.9. The number of esters is 1. The number of carbonyl (C=O) groups excluding carboxylic acids is 2. The Morgan fingerprint density at radius 1 is 1.08 bits per heavy atom. The molecule has 0 radical (unpaired) electrons. The zero-order valence-corrected chi connectivity index (χ0v) is 14.5. The number of methoxy groups -OCH3 is 1. The minimum atomic E-state index is -0.596. The predicted molar refractivity (Wildman–Crippen MR) is 97.5 cm³/mol. The van der Waals surface area contributed by atoms with E-state index in [0.29, 0.717) is 11.4 Å². The van der Waals surface area contributed by atoms with Crippen LogP contribution in [0, 0.1) is 13.8 Å². The van der Waals surface area contributed by atoms with Crippen molar-refractivity contribution in [2.75, 3.05) is 19.0 Å². The predicted octanol–water partition coefficient (Wildman–Crippen LogP) is 3.51. The Bertz CT molecular complexity index is 796. The molecule has 1 amide bonds. The van der Waals surface area contributed by atoms with Crippen LogP contribution in [0.2, 0.25) is 0 Å². The standard InChI is InChI=1S/C20H21NO4/c1-14-8-10-17(12-15(14)2)21-19(22)13-25-20(23)11-9-16-6-4-5-7-18(16)24-3/h4-12H,13H2,1-3H3,(H,21,22)/b11-9+. The van der Waals surface area contributed by atoms with Gasteiger partial charge < -0.3 is 14.8 Å². The Balaban J connectivity index is 1.85. The van der Waals surface area contributed by atoms with Crippen molar-refractivity contribution in [1.82, 2.24) is 0 Å². The molecule has 0 unspecified atom stereocenters. The molecule has 0 saturated heterocycles. The number of carbonyl (C=O) groups is 2. The highest BCUT2D eigenvalue weighted by atomic mass is 16.5. The Labute approximate surface area is 147 Å². The van der Waals surface area contributed by atoms with E-state index in [1.165, 1.54) is 6.08 Å². The highest BCUT2D eigenvalue weighted by Crippen LogP contribution is 2.18. The molecular formula is C20H21NO4. The minimum Gasteiger partial charge on any atom is -0.496 e. The number of hydrogen-bond acceptors (Lipinski definition) is 4. The van der Waals surface area contributed by atoms with Gasteiger partial charge in [0.15, 0.2) is 6.61 Å². The number of nitrogens with one attached hydrogen (secondary N) is 1. The first kappa shape index (κ1) is 18.3. The number of para-hydroxylation sites is 1. The first-order valence-electron chi connectivity index (χ1n) is 7.84. The normalized spacial score (nSPS) is 10.5. The second kappa shape index (κ2) is 8.68. The van der Waals surface area contributed by atoms with Crippen LogP contribution in [-0.2, 0) is 14.3 Å². The zero-order chi connectivity index (χ0) is 18.2. The van der Waals surface area contributed by atoms with Gasteiger partial charge in [0, 0.05) is 17.3 Å². The number of benzene rings is 2. The van der Waals surface area contributed by atoms with E-state index in [1.807, 2.05) is 50.2 Å². The third-order valence-corrected chi connectivity index (χ3v) is 3.67. The minimum absolute atomic E-state index is 0.345. The Morgan fingerprint density at radius 3 is 2.56 bits per heavy atom. The lowest BCUT2D eigenvalue weighted by Gasteiger charge is -2.07. The second-order valence-electron chi connectivity index (χ2n) is 5.53. The van der Waals surface area contributed by atoms with E-state index in [0.717, 1.165) is 16.7 Å². The fourth-order valence-corrected chi connectivity index (χ4v) is 2.16. The maximum Gasteiger partial charge on any atom is 0.331 e. The molecule has 130 valence electrons. The van der Waals surface area contributed by atoms with Gasteiger partial charge in [0.1, 0.15) is 5.75 Å². The maximum atomic E-state index is 11.9. The smallest absolute Gasteiger partial charge is 0.331 e. The zero-order valence-electron chi connectivity index (χ0n) is 14.5. The van der Waals surface area contributed by atoms with Crippen molar-refractivity contribution >= 4 is 23.6 Å². The number of ether oxygens (including phenoxy) is 2. The third-order valence-electron chi connectivity index (χ3n) is 3.67. The van der Waals surface area contributed by atoms with Crippen molar-refractivity contribution in [2.45, 2.75) is 13.8 Å². The summed E-state index contributed by atoms with van der Waals surface area (Å²) in [6.45, 7) is 3.62. The average Bonchev–Trinajstić information content (AvgIpc) is 2.61. The van der Waals surface area contributed by atoms with Gasteiger partial charge in [-0.05, 0) is 49.2 Å². The van der Waals surface area contributed by atoms with Gasteiger partial charge in [-0.3, -0.25) is 4.79 Å². The van der Waals surface area contributed by atoms with Crippen LogP contribution in [0.5, 0.6) is 5.75 Å². The summed E-state index contributed by atoms with van der Waals surface area (Å²) < 4.78 is 10.1. The average molecular weight is 339 g/mol. The lowest BCUT2D eigenvalue weighted by Crippen LogP contribution is -2.20. The van der Waals surface area contributed by atoms with E-state index < -0.39 is 5.97 Å². The summed E-state index contributed by atoms with van der Waals surface area (Å²) in [5.74, 6) is -0.331. The van der Waals surface area contributed by atoms with E-state index >= 15 is 0 Å². The van der Waals surface area contributed by atoms with Gasteiger partial charge in [0.25, 0.3) is 5.91 Å². The van der Waals surface area contributed by atoms with Crippen molar-refractivity contribution in [3.05, 3.63) is 65.2 Å². The summed E-state index contributed by atoms with van der Waals surface area (Å²) in [6.07, 6.45) is 2.85. The van der Waals surface area contributed by atoms with E-state index in [-0.39, 0.29) is 12.5 Å². The molecule has 5 nitrogen and oxygen atoms in total. The van der Waals surface area contributed by atoms with Gasteiger partial charge in [0.05, 0.1) is 7.11 Å². The molecule has 0 atom stereocenters. The lowest BCUT2D eigenvalue weighted by molar-refractivity contribution is -0.142. The van der Waals surface area contributed by atoms with Crippen molar-refractivity contribution in [2.24, 2.45) is 0 Å². The molecule has 0 aliphatic heterocycles. The van der Waals surface area contributed by atoms with E-state index in [4.69, 9.17) is 9.47 Å². The van der Waals surface area contributed by atoms with Crippen LogP contribution < -0.4 is 10.1 Å². The van der Waals surface area contributed by atoms with Gasteiger partial charge in [-0.25, -0.2) is 4.79 Å². The molecule has 0 heterocycles. The first-order valence-corrected chi connectivity index (χ1v) is 7.84. The van der Waals surface area contributed by atoms with Crippen LogP contribution in [0.25, 0.3) is 6.08 Å². The van der Waals surface area contributed by atoms with E-state index in [1.54, 1.807) is 19.3 Å². The Morgan fingerprint density at radius 2 is 1.84 bits per heavy atom. The van der Waals surface area contributed by atoms with E-state index in [9.17, 15) is 9.59 Å². The summed E-state index contributed by atoms with van der Waals surface area (Å²) >= 11 is 0. The summed E-state index contributed by atoms with van der Waals surface area (Å²) in [7, 11) is 1.56. The fraction of sp³-hybridized carbons (Fsp3) is 0.200.